The first-order valence-electron chi connectivity index (χ1n) is 6.25. The Hall–Kier alpha value is -1.68. The number of nitrogens with zero attached hydrogens (tertiary/aromatic N) is 1. The molecule has 3 nitrogen and oxygen atoms in total. The first-order valence-corrected chi connectivity index (χ1v) is 7.04. The van der Waals surface area contributed by atoms with Crippen molar-refractivity contribution in [2.24, 2.45) is 0 Å². The molecule has 1 aliphatic rings. The van der Waals surface area contributed by atoms with Crippen molar-refractivity contribution in [3.63, 3.8) is 0 Å². The van der Waals surface area contributed by atoms with Crippen molar-refractivity contribution in [3.05, 3.63) is 52.5 Å². The largest absolute Gasteiger partial charge is 0.491 e. The summed E-state index contributed by atoms with van der Waals surface area (Å²) in [5.74, 6) is 0.971. The van der Waals surface area contributed by atoms with Crippen molar-refractivity contribution in [3.8, 4) is 5.75 Å². The fraction of sp³-hybridized carbons (Fsp3) is 0.200. The first-order chi connectivity index (χ1) is 9.24. The van der Waals surface area contributed by atoms with Gasteiger partial charge in [0.1, 0.15) is 12.4 Å². The Morgan fingerprint density at radius 3 is 2.89 bits per heavy atom. The molecule has 0 fully saturated rings. The van der Waals surface area contributed by atoms with Crippen molar-refractivity contribution >= 4 is 27.3 Å². The van der Waals surface area contributed by atoms with Crippen molar-refractivity contribution in [1.82, 2.24) is 0 Å². The topological polar surface area (TPSA) is 38.5 Å². The van der Waals surface area contributed by atoms with Crippen LogP contribution in [0.1, 0.15) is 5.56 Å². The molecule has 0 radical (unpaired) electrons. The molecule has 0 saturated carbocycles. The lowest BCUT2D eigenvalue weighted by Crippen LogP contribution is -2.26. The smallest absolute Gasteiger partial charge is 0.124 e. The fourth-order valence-electron chi connectivity index (χ4n) is 2.32. The molecule has 1 aliphatic heterocycles. The van der Waals surface area contributed by atoms with Crippen LogP contribution < -0.4 is 15.4 Å². The standard InChI is InChI=1S/C15H15BrN2O/c16-12-5-6-13(17)14(9-12)18-7-8-19-15-4-2-1-3-11(15)10-18/h1-6,9H,7-8,10,17H2. The third kappa shape index (κ3) is 2.54. The zero-order valence-corrected chi connectivity index (χ0v) is 12.1. The van der Waals surface area contributed by atoms with Crippen LogP contribution in [0.25, 0.3) is 0 Å². The number of rotatable bonds is 1. The second-order valence-corrected chi connectivity index (χ2v) is 5.50. The first kappa shape index (κ1) is 12.4. The Morgan fingerprint density at radius 1 is 1.16 bits per heavy atom. The minimum Gasteiger partial charge on any atom is -0.491 e. The average molecular weight is 319 g/mol. The van der Waals surface area contributed by atoms with Crippen molar-refractivity contribution in [2.45, 2.75) is 6.54 Å². The summed E-state index contributed by atoms with van der Waals surface area (Å²) in [6.07, 6.45) is 0. The van der Waals surface area contributed by atoms with Gasteiger partial charge in [0.2, 0.25) is 0 Å². The molecule has 2 aromatic rings. The van der Waals surface area contributed by atoms with E-state index in [1.165, 1.54) is 5.56 Å². The Bertz CT molecular complexity index is 600. The monoisotopic (exact) mass is 318 g/mol. The fourth-order valence-corrected chi connectivity index (χ4v) is 2.67. The number of anilines is 2. The zero-order valence-electron chi connectivity index (χ0n) is 10.5. The van der Waals surface area contributed by atoms with E-state index < -0.39 is 0 Å². The Labute approximate surface area is 121 Å². The maximum atomic E-state index is 6.09. The molecule has 0 spiro atoms. The van der Waals surface area contributed by atoms with Gasteiger partial charge in [0.05, 0.1) is 17.9 Å². The van der Waals surface area contributed by atoms with Crippen LogP contribution in [0.2, 0.25) is 0 Å². The summed E-state index contributed by atoms with van der Waals surface area (Å²) in [6.45, 7) is 2.31. The number of hydrogen-bond donors (Lipinski definition) is 1. The minimum atomic E-state index is 0.670. The molecule has 0 unspecified atom stereocenters. The summed E-state index contributed by atoms with van der Waals surface area (Å²) in [5.41, 5.74) is 9.13. The molecule has 0 amide bonds. The van der Waals surface area contributed by atoms with Gasteiger partial charge in [-0.1, -0.05) is 34.1 Å². The molecule has 0 aliphatic carbocycles. The average Bonchev–Trinajstić information content (AvgIpc) is 2.63. The third-order valence-electron chi connectivity index (χ3n) is 3.29. The normalized spacial score (nSPS) is 14.5. The van der Waals surface area contributed by atoms with Gasteiger partial charge in [-0.3, -0.25) is 0 Å². The zero-order chi connectivity index (χ0) is 13.2. The Balaban J connectivity index is 1.96. The van der Waals surface area contributed by atoms with Crippen LogP contribution >= 0.6 is 15.9 Å². The molecular formula is C15H15BrN2O. The quantitative estimate of drug-likeness (QED) is 0.819. The maximum Gasteiger partial charge on any atom is 0.124 e. The van der Waals surface area contributed by atoms with Gasteiger partial charge in [-0.15, -0.1) is 0 Å². The molecule has 0 atom stereocenters. The lowest BCUT2D eigenvalue weighted by atomic mass is 10.1. The molecule has 2 aromatic carbocycles. The maximum absolute atomic E-state index is 6.09. The van der Waals surface area contributed by atoms with Crippen LogP contribution in [0.15, 0.2) is 46.9 Å². The molecule has 98 valence electrons. The molecule has 19 heavy (non-hydrogen) atoms. The summed E-state index contributed by atoms with van der Waals surface area (Å²) in [6, 6.07) is 14.1. The Kier molecular flexibility index (Phi) is 3.34. The van der Waals surface area contributed by atoms with Crippen LogP contribution in [0, 0.1) is 0 Å². The molecule has 0 bridgehead atoms. The molecular weight excluding hydrogens is 304 g/mol. The number of nitrogens with two attached hydrogens (primary N) is 1. The van der Waals surface area contributed by atoms with Crippen LogP contribution in [-0.2, 0) is 6.54 Å². The highest BCUT2D eigenvalue weighted by molar-refractivity contribution is 9.10. The van der Waals surface area contributed by atoms with E-state index in [9.17, 15) is 0 Å². The second kappa shape index (κ2) is 5.13. The van der Waals surface area contributed by atoms with Crippen molar-refractivity contribution in [1.29, 1.82) is 0 Å². The van der Waals surface area contributed by atoms with E-state index in [1.54, 1.807) is 0 Å². The van der Waals surface area contributed by atoms with E-state index in [2.05, 4.69) is 33.0 Å². The number of nitrogen functional groups attached to an aromatic ring is 1. The van der Waals surface area contributed by atoms with Crippen LogP contribution in [0.3, 0.4) is 0 Å². The van der Waals surface area contributed by atoms with Gasteiger partial charge in [0.15, 0.2) is 0 Å². The highest BCUT2D eigenvalue weighted by Gasteiger charge is 2.17. The number of hydrogen-bond acceptors (Lipinski definition) is 3. The molecule has 0 saturated heterocycles. The van der Waals surface area contributed by atoms with Gasteiger partial charge < -0.3 is 15.4 Å². The summed E-state index contributed by atoms with van der Waals surface area (Å²) >= 11 is 3.50. The molecule has 0 aromatic heterocycles. The van der Waals surface area contributed by atoms with E-state index in [-0.39, 0.29) is 0 Å². The van der Waals surface area contributed by atoms with E-state index in [4.69, 9.17) is 10.5 Å². The van der Waals surface area contributed by atoms with Gasteiger partial charge in [0, 0.05) is 16.6 Å². The molecule has 3 rings (SSSR count). The minimum absolute atomic E-state index is 0.670. The van der Waals surface area contributed by atoms with Gasteiger partial charge in [-0.25, -0.2) is 0 Å². The lowest BCUT2D eigenvalue weighted by molar-refractivity contribution is 0.331. The Morgan fingerprint density at radius 2 is 2.00 bits per heavy atom. The SMILES string of the molecule is Nc1ccc(Br)cc1N1CCOc2ccccc2C1. The van der Waals surface area contributed by atoms with Gasteiger partial charge in [0.25, 0.3) is 0 Å². The number of benzene rings is 2. The van der Waals surface area contributed by atoms with Crippen molar-refractivity contribution in [2.75, 3.05) is 23.8 Å². The predicted molar refractivity (Wildman–Crippen MR) is 81.5 cm³/mol. The van der Waals surface area contributed by atoms with Crippen LogP contribution in [-0.4, -0.2) is 13.2 Å². The van der Waals surface area contributed by atoms with Gasteiger partial charge in [-0.05, 0) is 24.3 Å². The van der Waals surface area contributed by atoms with E-state index in [0.717, 1.165) is 34.7 Å². The van der Waals surface area contributed by atoms with Crippen LogP contribution in [0.4, 0.5) is 11.4 Å². The number of fused-ring (bicyclic) bond motifs is 1. The summed E-state index contributed by atoms with van der Waals surface area (Å²) < 4.78 is 6.81. The number of halogens is 1. The van der Waals surface area contributed by atoms with E-state index >= 15 is 0 Å². The third-order valence-corrected chi connectivity index (χ3v) is 3.78. The van der Waals surface area contributed by atoms with Gasteiger partial charge in [-0.2, -0.15) is 0 Å². The molecule has 4 heteroatoms. The highest BCUT2D eigenvalue weighted by Crippen LogP contribution is 2.31. The van der Waals surface area contributed by atoms with Crippen molar-refractivity contribution < 1.29 is 4.74 Å². The molecule has 1 heterocycles. The second-order valence-electron chi connectivity index (χ2n) is 4.58. The lowest BCUT2D eigenvalue weighted by Gasteiger charge is -2.24. The predicted octanol–water partition coefficient (Wildman–Crippen LogP) is 3.43. The summed E-state index contributed by atoms with van der Waals surface area (Å²) in [4.78, 5) is 2.26. The summed E-state index contributed by atoms with van der Waals surface area (Å²) in [7, 11) is 0. The molecule has 2 N–H and O–H groups in total. The number of ether oxygens (including phenoxy) is 1. The number of para-hydroxylation sites is 1. The van der Waals surface area contributed by atoms with E-state index in [1.807, 2.05) is 30.3 Å². The van der Waals surface area contributed by atoms with E-state index in [0.29, 0.717) is 6.61 Å². The van der Waals surface area contributed by atoms with Gasteiger partial charge >= 0.3 is 0 Å². The summed E-state index contributed by atoms with van der Waals surface area (Å²) in [5, 5.41) is 0. The van der Waals surface area contributed by atoms with Crippen LogP contribution in [0.5, 0.6) is 5.75 Å². The highest BCUT2D eigenvalue weighted by atomic mass is 79.9.